The molecule has 0 unspecified atom stereocenters. The third-order valence-electron chi connectivity index (χ3n) is 6.23. The fourth-order valence-electron chi connectivity index (χ4n) is 4.43. The molecule has 158 valence electrons. The lowest BCUT2D eigenvalue weighted by molar-refractivity contribution is 0.129. The Kier molecular flexibility index (Phi) is 5.34. The maximum absolute atomic E-state index is 12.6. The number of fused-ring (bicyclic) bond motifs is 1. The molecule has 2 N–H and O–H groups in total. The van der Waals surface area contributed by atoms with Crippen LogP contribution in [0.3, 0.4) is 0 Å². The molecular weight excluding hydrogens is 394 g/mol. The number of anilines is 1. The van der Waals surface area contributed by atoms with Crippen molar-refractivity contribution in [1.82, 2.24) is 18.8 Å². The molecule has 0 spiro atoms. The van der Waals surface area contributed by atoms with Crippen molar-refractivity contribution < 1.29 is 13.5 Å². The van der Waals surface area contributed by atoms with Gasteiger partial charge in [-0.25, -0.2) is 17.7 Å². The predicted octanol–water partition coefficient (Wildman–Crippen LogP) is 0.959. The summed E-state index contributed by atoms with van der Waals surface area (Å²) < 4.78 is 26.5. The van der Waals surface area contributed by atoms with Crippen molar-refractivity contribution in [1.29, 1.82) is 0 Å². The van der Waals surface area contributed by atoms with Crippen LogP contribution in [0.15, 0.2) is 23.1 Å². The lowest BCUT2D eigenvalue weighted by Crippen LogP contribution is -2.42. The fraction of sp³-hybridized carbons (Fsp3) is 0.632. The fourth-order valence-corrected chi connectivity index (χ4v) is 5.30. The van der Waals surface area contributed by atoms with Crippen LogP contribution in [0, 0.1) is 5.92 Å². The summed E-state index contributed by atoms with van der Waals surface area (Å²) in [4.78, 5) is 21.7. The second-order valence-electron chi connectivity index (χ2n) is 8.17. The number of hydrogen-bond donors (Lipinski definition) is 2. The van der Waals surface area contributed by atoms with E-state index in [0.29, 0.717) is 43.9 Å². The molecule has 4 rings (SSSR count). The summed E-state index contributed by atoms with van der Waals surface area (Å²) in [5.41, 5.74) is 0.434. The van der Waals surface area contributed by atoms with Crippen molar-refractivity contribution in [3.05, 3.63) is 28.7 Å². The van der Waals surface area contributed by atoms with E-state index in [1.165, 1.54) is 16.6 Å². The molecule has 0 bridgehead atoms. The zero-order valence-electron chi connectivity index (χ0n) is 16.7. The second kappa shape index (κ2) is 7.66. The number of pyridine rings is 1. The number of sulfonamides is 1. The van der Waals surface area contributed by atoms with E-state index in [4.69, 9.17) is 0 Å². The van der Waals surface area contributed by atoms with E-state index >= 15 is 0 Å². The Bertz CT molecular complexity index is 1060. The van der Waals surface area contributed by atoms with Crippen LogP contribution < -0.4 is 10.9 Å². The number of aromatic nitrogens is 3. The van der Waals surface area contributed by atoms with Gasteiger partial charge in [0.25, 0.3) is 5.56 Å². The molecule has 1 aliphatic carbocycles. The molecular formula is C19H27N5O4S. The highest BCUT2D eigenvalue weighted by Gasteiger charge is 2.34. The number of aliphatic hydroxyl groups is 1. The van der Waals surface area contributed by atoms with Crippen LogP contribution in [0.4, 0.5) is 5.95 Å². The van der Waals surface area contributed by atoms with E-state index in [0.717, 1.165) is 11.8 Å². The molecule has 9 nitrogen and oxygen atoms in total. The molecule has 1 saturated heterocycles. The normalized spacial score (nSPS) is 26.8. The first kappa shape index (κ1) is 20.2. The van der Waals surface area contributed by atoms with Crippen molar-refractivity contribution in [2.45, 2.75) is 50.8 Å². The zero-order chi connectivity index (χ0) is 20.8. The van der Waals surface area contributed by atoms with Gasteiger partial charge in [0, 0.05) is 48.7 Å². The smallest absolute Gasteiger partial charge is 0.252 e. The summed E-state index contributed by atoms with van der Waals surface area (Å²) in [6.45, 7) is 2.89. The Morgan fingerprint density at radius 3 is 2.52 bits per heavy atom. The highest BCUT2D eigenvalue weighted by molar-refractivity contribution is 7.88. The van der Waals surface area contributed by atoms with E-state index < -0.39 is 16.1 Å². The molecule has 3 atom stereocenters. The lowest BCUT2D eigenvalue weighted by atomic mass is 10.0. The number of aliphatic hydroxyl groups excluding tert-OH is 1. The largest absolute Gasteiger partial charge is 0.393 e. The van der Waals surface area contributed by atoms with Crippen LogP contribution in [0.25, 0.3) is 11.0 Å². The molecule has 2 fully saturated rings. The van der Waals surface area contributed by atoms with Crippen LogP contribution in [0.1, 0.15) is 38.6 Å². The minimum absolute atomic E-state index is 0.0232. The Morgan fingerprint density at radius 2 is 1.90 bits per heavy atom. The number of rotatable bonds is 4. The standard InChI is InChI=1S/C19H27N5O4S/c1-12-15(4-5-16(12)25)24-17(26)6-3-13-11-20-19(22-18(13)24)21-14-7-9-23(10-8-14)29(2,27)28/h3,6,11-12,14-16,25H,4-5,7-10H2,1-2H3,(H,20,21,22)/t12-,15+,16+/m1/s1. The van der Waals surface area contributed by atoms with Crippen LogP contribution in [0.5, 0.6) is 0 Å². The van der Waals surface area contributed by atoms with Gasteiger partial charge in [0.1, 0.15) is 5.65 Å². The van der Waals surface area contributed by atoms with E-state index in [-0.39, 0.29) is 23.6 Å². The highest BCUT2D eigenvalue weighted by Crippen LogP contribution is 2.36. The molecule has 2 aromatic rings. The molecule has 10 heteroatoms. The Hall–Kier alpha value is -2.04. The minimum Gasteiger partial charge on any atom is -0.393 e. The number of nitrogens with one attached hydrogen (secondary N) is 1. The van der Waals surface area contributed by atoms with Crippen molar-refractivity contribution in [2.75, 3.05) is 24.7 Å². The van der Waals surface area contributed by atoms with Crippen molar-refractivity contribution in [3.63, 3.8) is 0 Å². The Balaban J connectivity index is 1.59. The van der Waals surface area contributed by atoms with Gasteiger partial charge in [0.15, 0.2) is 0 Å². The van der Waals surface area contributed by atoms with Gasteiger partial charge in [-0.05, 0) is 31.7 Å². The average molecular weight is 422 g/mol. The number of nitrogens with zero attached hydrogens (tertiary/aromatic N) is 4. The van der Waals surface area contributed by atoms with Crippen LogP contribution >= 0.6 is 0 Å². The molecule has 0 amide bonds. The van der Waals surface area contributed by atoms with E-state index in [1.807, 2.05) is 6.92 Å². The number of piperidine rings is 1. The highest BCUT2D eigenvalue weighted by atomic mass is 32.2. The summed E-state index contributed by atoms with van der Waals surface area (Å²) in [7, 11) is -3.16. The zero-order valence-corrected chi connectivity index (χ0v) is 17.5. The van der Waals surface area contributed by atoms with E-state index in [1.54, 1.807) is 16.8 Å². The number of hydrogen-bond acceptors (Lipinski definition) is 7. The van der Waals surface area contributed by atoms with Crippen molar-refractivity contribution >= 4 is 27.0 Å². The van der Waals surface area contributed by atoms with Crippen molar-refractivity contribution in [2.24, 2.45) is 5.92 Å². The molecule has 3 heterocycles. The summed E-state index contributed by atoms with van der Waals surface area (Å²) in [6, 6.07) is 3.22. The van der Waals surface area contributed by atoms with Crippen LogP contribution in [-0.2, 0) is 10.0 Å². The van der Waals surface area contributed by atoms with Gasteiger partial charge in [-0.2, -0.15) is 4.98 Å². The van der Waals surface area contributed by atoms with Gasteiger partial charge in [-0.3, -0.25) is 9.36 Å². The molecule has 1 saturated carbocycles. The molecule has 1 aliphatic heterocycles. The van der Waals surface area contributed by atoms with Crippen molar-refractivity contribution in [3.8, 4) is 0 Å². The van der Waals surface area contributed by atoms with Gasteiger partial charge in [0.05, 0.1) is 12.4 Å². The second-order valence-corrected chi connectivity index (χ2v) is 10.1. The Labute approximate surface area is 169 Å². The first-order valence-electron chi connectivity index (χ1n) is 10.0. The molecule has 2 aliphatic rings. The maximum Gasteiger partial charge on any atom is 0.252 e. The third kappa shape index (κ3) is 4.01. The molecule has 29 heavy (non-hydrogen) atoms. The minimum atomic E-state index is -3.16. The monoisotopic (exact) mass is 421 g/mol. The van der Waals surface area contributed by atoms with Gasteiger partial charge in [0.2, 0.25) is 16.0 Å². The van der Waals surface area contributed by atoms with Gasteiger partial charge < -0.3 is 10.4 Å². The van der Waals surface area contributed by atoms with E-state index in [9.17, 15) is 18.3 Å². The van der Waals surface area contributed by atoms with Gasteiger partial charge >= 0.3 is 0 Å². The first-order chi connectivity index (χ1) is 13.7. The topological polar surface area (TPSA) is 117 Å². The third-order valence-corrected chi connectivity index (χ3v) is 7.53. The van der Waals surface area contributed by atoms with E-state index in [2.05, 4.69) is 15.3 Å². The maximum atomic E-state index is 12.6. The SMILES string of the molecule is C[C@H]1[C@@H](O)CC[C@@H]1n1c(=O)ccc2cnc(NC3CCN(S(C)(=O)=O)CC3)nc21. The summed E-state index contributed by atoms with van der Waals surface area (Å²) in [5, 5.41) is 14.2. The first-order valence-corrected chi connectivity index (χ1v) is 11.9. The molecule has 0 aromatic carbocycles. The summed E-state index contributed by atoms with van der Waals surface area (Å²) >= 11 is 0. The molecule has 0 radical (unpaired) electrons. The summed E-state index contributed by atoms with van der Waals surface area (Å²) in [5.74, 6) is 0.408. The lowest BCUT2D eigenvalue weighted by Gasteiger charge is -2.30. The average Bonchev–Trinajstić information content (AvgIpc) is 3.00. The molecule has 2 aromatic heterocycles. The van der Waals surface area contributed by atoms with Crippen LogP contribution in [0.2, 0.25) is 0 Å². The van der Waals surface area contributed by atoms with Gasteiger partial charge in [-0.1, -0.05) is 6.92 Å². The summed E-state index contributed by atoms with van der Waals surface area (Å²) in [6.07, 6.45) is 5.25. The predicted molar refractivity (Wildman–Crippen MR) is 110 cm³/mol. The Morgan fingerprint density at radius 1 is 1.17 bits per heavy atom. The van der Waals surface area contributed by atoms with Gasteiger partial charge in [-0.15, -0.1) is 0 Å². The quantitative estimate of drug-likeness (QED) is 0.755. The van der Waals surface area contributed by atoms with Crippen LogP contribution in [-0.4, -0.2) is 63.9 Å².